The van der Waals surface area contributed by atoms with Gasteiger partial charge in [-0.25, -0.2) is 0 Å². The molecule has 0 aromatic heterocycles. The maximum atomic E-state index is 10.2. The summed E-state index contributed by atoms with van der Waals surface area (Å²) in [5.74, 6) is 0. The van der Waals surface area contributed by atoms with Gasteiger partial charge in [-0.2, -0.15) is 0 Å². The van der Waals surface area contributed by atoms with Gasteiger partial charge in [-0.3, -0.25) is 4.99 Å². The number of aliphatic hydroxyl groups is 2. The summed E-state index contributed by atoms with van der Waals surface area (Å²) in [4.78, 5) is 4.06. The van der Waals surface area contributed by atoms with E-state index in [4.69, 9.17) is 4.74 Å². The maximum Gasteiger partial charge on any atom is 0.159 e. The van der Waals surface area contributed by atoms with Gasteiger partial charge in [0.25, 0.3) is 0 Å². The summed E-state index contributed by atoms with van der Waals surface area (Å²) in [5.41, 5.74) is -0.201. The Kier molecular flexibility index (Phi) is 4.50. The molecule has 2 fully saturated rings. The fourth-order valence-corrected chi connectivity index (χ4v) is 3.49. The molecule has 2 aliphatic heterocycles. The molecule has 0 aliphatic carbocycles. The first-order chi connectivity index (χ1) is 8.58. The number of likely N-dealkylation sites (N-methyl/N-ethyl adjacent to an activating group) is 1. The minimum atomic E-state index is -0.899. The quantitative estimate of drug-likeness (QED) is 0.535. The van der Waals surface area contributed by atoms with Gasteiger partial charge in [0.2, 0.25) is 0 Å². The number of aliphatic hydroxyl groups excluding tert-OH is 2. The lowest BCUT2D eigenvalue weighted by atomic mass is 9.94. The van der Waals surface area contributed by atoms with Gasteiger partial charge in [0, 0.05) is 13.1 Å². The average Bonchev–Trinajstić information content (AvgIpc) is 2.77. The van der Waals surface area contributed by atoms with E-state index in [1.807, 2.05) is 13.8 Å². The lowest BCUT2D eigenvalue weighted by Crippen LogP contribution is -2.62. The average molecular weight is 275 g/mol. The molecule has 2 heterocycles. The van der Waals surface area contributed by atoms with Crippen molar-refractivity contribution in [1.82, 2.24) is 10.6 Å². The molecule has 18 heavy (non-hydrogen) atoms. The number of nitrogens with one attached hydrogen (secondary N) is 2. The molecule has 0 amide bonds. The third kappa shape index (κ3) is 2.50. The van der Waals surface area contributed by atoms with Crippen molar-refractivity contribution in [2.75, 3.05) is 13.6 Å². The zero-order chi connectivity index (χ0) is 13.3. The number of hydrogen-bond acceptors (Lipinski definition) is 6. The number of amidine groups is 1. The van der Waals surface area contributed by atoms with Crippen LogP contribution in [0.3, 0.4) is 0 Å². The van der Waals surface area contributed by atoms with E-state index in [1.54, 1.807) is 7.05 Å². The second-order valence-electron chi connectivity index (χ2n) is 4.61. The fraction of sp³-hybridized carbons (Fsp3) is 0.909. The molecule has 0 aromatic carbocycles. The predicted octanol–water partition coefficient (Wildman–Crippen LogP) is -0.878. The van der Waals surface area contributed by atoms with E-state index in [0.717, 1.165) is 11.7 Å². The maximum absolute atomic E-state index is 10.2. The van der Waals surface area contributed by atoms with Gasteiger partial charge in [-0.05, 0) is 13.5 Å². The summed E-state index contributed by atoms with van der Waals surface area (Å²) in [6, 6.07) is -0.308. The lowest BCUT2D eigenvalue weighted by Gasteiger charge is -2.41. The summed E-state index contributed by atoms with van der Waals surface area (Å²) < 4.78 is 5.89. The van der Waals surface area contributed by atoms with Crippen LogP contribution in [0.5, 0.6) is 0 Å². The number of ether oxygens (including phenoxy) is 1. The summed E-state index contributed by atoms with van der Waals surface area (Å²) in [6.07, 6.45) is -2.15. The number of hydrogen-bond donors (Lipinski definition) is 4. The van der Waals surface area contributed by atoms with Crippen LogP contribution in [0.25, 0.3) is 0 Å². The largest absolute Gasteiger partial charge is 0.388 e. The minimum Gasteiger partial charge on any atom is -0.388 e. The SMILES string of the molecule is CCNC(C)[C@@H]1O[C@@H]2SC(=NC)N[C@@H]2[C@@H](O)[C@@H]1O. The van der Waals surface area contributed by atoms with Crippen LogP contribution in [0.4, 0.5) is 0 Å². The van der Waals surface area contributed by atoms with Crippen LogP contribution < -0.4 is 10.6 Å². The van der Waals surface area contributed by atoms with Crippen molar-refractivity contribution < 1.29 is 14.9 Å². The fourth-order valence-electron chi connectivity index (χ4n) is 2.40. The third-order valence-electron chi connectivity index (χ3n) is 3.38. The highest BCUT2D eigenvalue weighted by Crippen LogP contribution is 2.34. The minimum absolute atomic E-state index is 0.0104. The van der Waals surface area contributed by atoms with E-state index in [-0.39, 0.29) is 17.5 Å². The van der Waals surface area contributed by atoms with Crippen molar-refractivity contribution in [3.63, 3.8) is 0 Å². The van der Waals surface area contributed by atoms with E-state index in [0.29, 0.717) is 0 Å². The highest BCUT2D eigenvalue weighted by Gasteiger charge is 2.50. The Balaban J connectivity index is 2.09. The molecular formula is C11H21N3O3S. The molecule has 2 saturated heterocycles. The third-order valence-corrected chi connectivity index (χ3v) is 4.54. The number of aliphatic imine (C=N–C) groups is 1. The van der Waals surface area contributed by atoms with Gasteiger partial charge < -0.3 is 25.6 Å². The second kappa shape index (κ2) is 5.75. The molecule has 2 rings (SSSR count). The first-order valence-electron chi connectivity index (χ1n) is 6.23. The zero-order valence-corrected chi connectivity index (χ0v) is 11.6. The zero-order valence-electron chi connectivity index (χ0n) is 10.8. The second-order valence-corrected chi connectivity index (χ2v) is 5.70. The van der Waals surface area contributed by atoms with Gasteiger partial charge in [-0.1, -0.05) is 18.7 Å². The topological polar surface area (TPSA) is 86.1 Å². The Morgan fingerprint density at radius 2 is 2.22 bits per heavy atom. The molecule has 104 valence electrons. The number of fused-ring (bicyclic) bond motifs is 1. The Morgan fingerprint density at radius 3 is 2.83 bits per heavy atom. The molecular weight excluding hydrogens is 254 g/mol. The molecule has 2 aliphatic rings. The first-order valence-corrected chi connectivity index (χ1v) is 7.11. The molecule has 0 aromatic rings. The van der Waals surface area contributed by atoms with E-state index in [2.05, 4.69) is 15.6 Å². The summed E-state index contributed by atoms with van der Waals surface area (Å²) in [6.45, 7) is 4.75. The number of rotatable bonds is 3. The van der Waals surface area contributed by atoms with Crippen LogP contribution in [0.2, 0.25) is 0 Å². The van der Waals surface area contributed by atoms with Crippen LogP contribution in [0.1, 0.15) is 13.8 Å². The molecule has 0 saturated carbocycles. The van der Waals surface area contributed by atoms with Crippen molar-refractivity contribution >= 4 is 16.9 Å². The van der Waals surface area contributed by atoms with Crippen molar-refractivity contribution in [3.8, 4) is 0 Å². The van der Waals surface area contributed by atoms with Gasteiger partial charge in [-0.15, -0.1) is 0 Å². The monoisotopic (exact) mass is 275 g/mol. The van der Waals surface area contributed by atoms with Gasteiger partial charge in [0.05, 0.1) is 6.04 Å². The van der Waals surface area contributed by atoms with E-state index in [9.17, 15) is 10.2 Å². The number of nitrogens with zero attached hydrogens (tertiary/aromatic N) is 1. The van der Waals surface area contributed by atoms with Crippen LogP contribution in [-0.4, -0.2) is 64.8 Å². The van der Waals surface area contributed by atoms with Crippen molar-refractivity contribution in [1.29, 1.82) is 0 Å². The lowest BCUT2D eigenvalue weighted by molar-refractivity contribution is -0.163. The Hall–Kier alpha value is -0.340. The van der Waals surface area contributed by atoms with Crippen LogP contribution >= 0.6 is 11.8 Å². The molecule has 0 bridgehead atoms. The Bertz CT molecular complexity index is 329. The highest BCUT2D eigenvalue weighted by atomic mass is 32.2. The summed E-state index contributed by atoms with van der Waals surface area (Å²) in [5, 5.41) is 27.3. The van der Waals surface area contributed by atoms with E-state index in [1.165, 1.54) is 11.8 Å². The van der Waals surface area contributed by atoms with Gasteiger partial charge in [0.15, 0.2) is 5.17 Å². The van der Waals surface area contributed by atoms with Crippen LogP contribution in [0.15, 0.2) is 4.99 Å². The first kappa shape index (κ1) is 14.1. The van der Waals surface area contributed by atoms with Crippen LogP contribution in [-0.2, 0) is 4.74 Å². The molecule has 7 heteroatoms. The molecule has 6 atom stereocenters. The summed E-state index contributed by atoms with van der Waals surface area (Å²) >= 11 is 1.46. The standard InChI is InChI=1S/C11H21N3O3S/c1-4-13-5(2)9-8(16)7(15)6-10(17-9)18-11(12-3)14-6/h5-10,13,15-16H,4H2,1-3H3,(H,12,14)/t5?,6-,7-,8+,9+,10-/m1/s1. The normalized spacial score (nSPS) is 43.6. The van der Waals surface area contributed by atoms with E-state index < -0.39 is 18.3 Å². The molecule has 0 spiro atoms. The summed E-state index contributed by atoms with van der Waals surface area (Å²) in [7, 11) is 1.69. The Labute approximate surface area is 111 Å². The predicted molar refractivity (Wildman–Crippen MR) is 71.7 cm³/mol. The Morgan fingerprint density at radius 1 is 1.50 bits per heavy atom. The van der Waals surface area contributed by atoms with Gasteiger partial charge >= 0.3 is 0 Å². The molecule has 0 radical (unpaired) electrons. The van der Waals surface area contributed by atoms with Gasteiger partial charge in [0.1, 0.15) is 23.7 Å². The van der Waals surface area contributed by atoms with Crippen molar-refractivity contribution in [2.24, 2.45) is 4.99 Å². The van der Waals surface area contributed by atoms with E-state index >= 15 is 0 Å². The van der Waals surface area contributed by atoms with Crippen molar-refractivity contribution in [3.05, 3.63) is 0 Å². The highest BCUT2D eigenvalue weighted by molar-refractivity contribution is 8.14. The van der Waals surface area contributed by atoms with Crippen LogP contribution in [0, 0.1) is 0 Å². The smallest absolute Gasteiger partial charge is 0.159 e. The molecule has 1 unspecified atom stereocenters. The number of thioether (sulfide) groups is 1. The molecule has 4 N–H and O–H groups in total. The molecule has 6 nitrogen and oxygen atoms in total. The van der Waals surface area contributed by atoms with Crippen molar-refractivity contribution in [2.45, 2.75) is 49.7 Å².